The summed E-state index contributed by atoms with van der Waals surface area (Å²) < 4.78 is 6.00. The molecule has 2 aliphatic heterocycles. The molecule has 1 saturated heterocycles. The first-order valence-electron chi connectivity index (χ1n) is 12.1. The van der Waals surface area contributed by atoms with Gasteiger partial charge in [-0.2, -0.15) is 0 Å². The quantitative estimate of drug-likeness (QED) is 0.485. The fourth-order valence-corrected chi connectivity index (χ4v) is 5.56. The maximum absolute atomic E-state index is 11.7. The average molecular weight is 491 g/mol. The Hall–Kier alpha value is -2.86. The molecule has 0 aliphatic carbocycles. The van der Waals surface area contributed by atoms with Gasteiger partial charge in [-0.3, -0.25) is 4.98 Å². The zero-order chi connectivity index (χ0) is 24.6. The second kappa shape index (κ2) is 9.30. The number of ether oxygens (including phenoxy) is 1. The number of piperidine rings is 1. The Balaban J connectivity index is 1.36. The van der Waals surface area contributed by atoms with Crippen LogP contribution in [-0.2, 0) is 12.2 Å². The van der Waals surface area contributed by atoms with Crippen LogP contribution in [-0.4, -0.2) is 39.7 Å². The van der Waals surface area contributed by atoms with Crippen molar-refractivity contribution in [2.45, 2.75) is 38.9 Å². The number of likely N-dealkylation sites (tertiary alicyclic amines) is 1. The molecule has 1 atom stereocenters. The Morgan fingerprint density at radius 2 is 1.91 bits per heavy atom. The molecule has 182 valence electrons. The van der Waals surface area contributed by atoms with E-state index in [1.807, 2.05) is 36.4 Å². The fraction of sp³-hybridized carbons (Fsp3) is 0.345. The van der Waals surface area contributed by atoms with E-state index in [0.717, 1.165) is 59.8 Å². The van der Waals surface area contributed by atoms with Crippen LogP contribution in [0, 0.1) is 5.41 Å². The molecule has 1 aromatic heterocycles. The Kier molecular flexibility index (Phi) is 6.34. The van der Waals surface area contributed by atoms with Crippen molar-refractivity contribution in [3.63, 3.8) is 0 Å². The molecule has 35 heavy (non-hydrogen) atoms. The highest BCUT2D eigenvalue weighted by atomic mass is 35.5. The van der Waals surface area contributed by atoms with Gasteiger partial charge < -0.3 is 19.8 Å². The third kappa shape index (κ3) is 4.56. The van der Waals surface area contributed by atoms with E-state index in [-0.39, 0.29) is 11.2 Å². The van der Waals surface area contributed by atoms with E-state index in [9.17, 15) is 10.2 Å². The molecule has 3 aromatic rings. The number of hydrogen-bond donors (Lipinski definition) is 2. The topological polar surface area (TPSA) is 65.8 Å². The number of fused-ring (bicyclic) bond motifs is 2. The minimum atomic E-state index is -0.897. The Bertz CT molecular complexity index is 1260. The van der Waals surface area contributed by atoms with Gasteiger partial charge in [0, 0.05) is 47.4 Å². The SMILES string of the molecule is CC1(C)CN(CCC=C2c3cc(O)ccc3OCc3ncccc32)CC[C@]1(O)c1ccc(Cl)cc1. The van der Waals surface area contributed by atoms with Gasteiger partial charge in [-0.1, -0.05) is 49.7 Å². The van der Waals surface area contributed by atoms with Gasteiger partial charge in [0.2, 0.25) is 0 Å². The highest BCUT2D eigenvalue weighted by molar-refractivity contribution is 6.30. The third-order valence-corrected chi connectivity index (χ3v) is 7.69. The standard InChI is InChI=1S/C29H31ClN2O3/c1-28(2)19-32(16-13-29(28,34)20-7-9-21(30)10-8-20)15-4-6-23-24-5-3-14-31-26(24)18-35-27-12-11-22(33)17-25(23)27/h3,5-12,14,17,33-34H,4,13,15-16,18-19H2,1-2H3/t29-/m0/s1. The molecule has 1 fully saturated rings. The van der Waals surface area contributed by atoms with E-state index in [2.05, 4.69) is 35.9 Å². The summed E-state index contributed by atoms with van der Waals surface area (Å²) in [5.41, 5.74) is 3.55. The van der Waals surface area contributed by atoms with Crippen LogP contribution < -0.4 is 4.74 Å². The highest BCUT2D eigenvalue weighted by Gasteiger charge is 2.48. The van der Waals surface area contributed by atoms with Gasteiger partial charge in [-0.25, -0.2) is 0 Å². The molecule has 6 heteroatoms. The molecule has 0 spiro atoms. The number of phenols is 1. The summed E-state index contributed by atoms with van der Waals surface area (Å²) in [6.07, 6.45) is 5.50. The first-order chi connectivity index (χ1) is 16.8. The Labute approximate surface area is 211 Å². The molecule has 5 nitrogen and oxygen atoms in total. The number of rotatable bonds is 4. The van der Waals surface area contributed by atoms with E-state index in [1.54, 1.807) is 18.3 Å². The molecule has 0 bridgehead atoms. The molecule has 2 aliphatic rings. The average Bonchev–Trinajstić information content (AvgIpc) is 2.98. The van der Waals surface area contributed by atoms with Gasteiger partial charge in [0.15, 0.2) is 0 Å². The Morgan fingerprint density at radius 3 is 2.69 bits per heavy atom. The maximum Gasteiger partial charge on any atom is 0.131 e. The molecular weight excluding hydrogens is 460 g/mol. The van der Waals surface area contributed by atoms with Crippen LogP contribution >= 0.6 is 11.6 Å². The molecule has 0 radical (unpaired) electrons. The Morgan fingerprint density at radius 1 is 1.11 bits per heavy atom. The van der Waals surface area contributed by atoms with Crippen LogP contribution in [0.25, 0.3) is 5.57 Å². The fourth-order valence-electron chi connectivity index (χ4n) is 5.43. The highest BCUT2D eigenvalue weighted by Crippen LogP contribution is 2.46. The lowest BCUT2D eigenvalue weighted by atomic mass is 9.66. The smallest absolute Gasteiger partial charge is 0.131 e. The van der Waals surface area contributed by atoms with E-state index in [0.29, 0.717) is 18.1 Å². The molecular formula is C29H31ClN2O3. The van der Waals surface area contributed by atoms with Crippen molar-refractivity contribution in [1.82, 2.24) is 9.88 Å². The van der Waals surface area contributed by atoms with Crippen molar-refractivity contribution in [2.24, 2.45) is 5.41 Å². The summed E-state index contributed by atoms with van der Waals surface area (Å²) in [7, 11) is 0. The van der Waals surface area contributed by atoms with Crippen LogP contribution in [0.3, 0.4) is 0 Å². The van der Waals surface area contributed by atoms with Gasteiger partial charge >= 0.3 is 0 Å². The van der Waals surface area contributed by atoms with Crippen LogP contribution in [0.1, 0.15) is 49.1 Å². The minimum Gasteiger partial charge on any atom is -0.508 e. The number of aliphatic hydroxyl groups is 1. The second-order valence-corrected chi connectivity index (χ2v) is 10.6. The lowest BCUT2D eigenvalue weighted by molar-refractivity contribution is -0.125. The summed E-state index contributed by atoms with van der Waals surface area (Å²) in [6, 6.07) is 16.8. The van der Waals surface area contributed by atoms with Crippen molar-refractivity contribution < 1.29 is 14.9 Å². The largest absolute Gasteiger partial charge is 0.508 e. The number of aromatic hydroxyl groups is 1. The summed E-state index contributed by atoms with van der Waals surface area (Å²) in [4.78, 5) is 6.95. The molecule has 2 aromatic carbocycles. The van der Waals surface area contributed by atoms with Gasteiger partial charge in [0.05, 0.1) is 11.3 Å². The molecule has 2 N–H and O–H groups in total. The van der Waals surface area contributed by atoms with Crippen LogP contribution in [0.2, 0.25) is 5.02 Å². The molecule has 0 unspecified atom stereocenters. The van der Waals surface area contributed by atoms with Crippen LogP contribution in [0.5, 0.6) is 11.5 Å². The van der Waals surface area contributed by atoms with Gasteiger partial charge in [-0.15, -0.1) is 0 Å². The first-order valence-corrected chi connectivity index (χ1v) is 12.5. The number of pyridine rings is 1. The van der Waals surface area contributed by atoms with Crippen molar-refractivity contribution in [2.75, 3.05) is 19.6 Å². The number of benzene rings is 2. The van der Waals surface area contributed by atoms with E-state index in [4.69, 9.17) is 16.3 Å². The lowest BCUT2D eigenvalue weighted by Crippen LogP contribution is -2.55. The number of nitrogens with zero attached hydrogens (tertiary/aromatic N) is 2. The monoisotopic (exact) mass is 490 g/mol. The van der Waals surface area contributed by atoms with Crippen LogP contribution in [0.4, 0.5) is 0 Å². The van der Waals surface area contributed by atoms with E-state index >= 15 is 0 Å². The second-order valence-electron chi connectivity index (χ2n) is 10.2. The number of aromatic nitrogens is 1. The predicted octanol–water partition coefficient (Wildman–Crippen LogP) is 5.77. The van der Waals surface area contributed by atoms with Crippen molar-refractivity contribution in [3.8, 4) is 11.5 Å². The number of halogens is 1. The molecule has 0 saturated carbocycles. The van der Waals surface area contributed by atoms with Gasteiger partial charge in [0.1, 0.15) is 18.1 Å². The number of hydrogen-bond acceptors (Lipinski definition) is 5. The molecule has 0 amide bonds. The zero-order valence-electron chi connectivity index (χ0n) is 20.2. The van der Waals surface area contributed by atoms with Crippen molar-refractivity contribution in [3.05, 3.63) is 94.3 Å². The molecule has 5 rings (SSSR count). The predicted molar refractivity (Wildman–Crippen MR) is 139 cm³/mol. The summed E-state index contributed by atoms with van der Waals surface area (Å²) in [5, 5.41) is 22.5. The lowest BCUT2D eigenvalue weighted by Gasteiger charge is -2.50. The normalized spacial score (nSPS) is 22.7. The van der Waals surface area contributed by atoms with Gasteiger partial charge in [-0.05, 0) is 60.4 Å². The number of phenolic OH excluding ortho intramolecular Hbond substituents is 1. The van der Waals surface area contributed by atoms with Crippen LogP contribution in [0.15, 0.2) is 66.9 Å². The van der Waals surface area contributed by atoms with Crippen molar-refractivity contribution >= 4 is 17.2 Å². The molecule has 3 heterocycles. The zero-order valence-corrected chi connectivity index (χ0v) is 20.9. The maximum atomic E-state index is 11.7. The first kappa shape index (κ1) is 23.9. The summed E-state index contributed by atoms with van der Waals surface area (Å²) >= 11 is 6.07. The van der Waals surface area contributed by atoms with E-state index in [1.165, 1.54) is 0 Å². The van der Waals surface area contributed by atoms with Gasteiger partial charge in [0.25, 0.3) is 0 Å². The minimum absolute atomic E-state index is 0.213. The third-order valence-electron chi connectivity index (χ3n) is 7.44. The van der Waals surface area contributed by atoms with Crippen molar-refractivity contribution in [1.29, 1.82) is 0 Å². The summed E-state index contributed by atoms with van der Waals surface area (Å²) in [6.45, 7) is 7.13. The summed E-state index contributed by atoms with van der Waals surface area (Å²) in [5.74, 6) is 0.962. The van der Waals surface area contributed by atoms with E-state index < -0.39 is 5.60 Å².